The number of carbonyl (C=O) groups is 1. The second-order valence-corrected chi connectivity index (χ2v) is 9.33. The smallest absolute Gasteiger partial charge is 0.225 e. The molecule has 1 aliphatic heterocycles. The molecule has 3 aliphatic rings. The van der Waals surface area contributed by atoms with E-state index in [-0.39, 0.29) is 41.8 Å². The Morgan fingerprint density at radius 3 is 2.27 bits per heavy atom. The van der Waals surface area contributed by atoms with Gasteiger partial charge in [0.05, 0.1) is 11.5 Å². The molecule has 1 heterocycles. The van der Waals surface area contributed by atoms with E-state index in [4.69, 9.17) is 5.73 Å². The van der Waals surface area contributed by atoms with Gasteiger partial charge in [-0.3, -0.25) is 4.79 Å². The number of carbonyl (C=O) groups excluding carboxylic acids is 1. The van der Waals surface area contributed by atoms with E-state index in [1.807, 2.05) is 0 Å². The van der Waals surface area contributed by atoms with Crippen molar-refractivity contribution in [3.63, 3.8) is 0 Å². The molecule has 2 unspecified atom stereocenters. The van der Waals surface area contributed by atoms with Gasteiger partial charge in [-0.25, -0.2) is 8.42 Å². The molecule has 1 saturated heterocycles. The summed E-state index contributed by atoms with van der Waals surface area (Å²) in [6, 6.07) is 0.271. The Hall–Kier alpha value is -0.330. The van der Waals surface area contributed by atoms with Gasteiger partial charge >= 0.3 is 0 Å². The fourth-order valence-electron chi connectivity index (χ4n) is 4.41. The average Bonchev–Trinajstić information content (AvgIpc) is 2.58. The van der Waals surface area contributed by atoms with Crippen molar-refractivity contribution in [3.05, 3.63) is 0 Å². The highest BCUT2D eigenvalue weighted by Gasteiger charge is 2.41. The van der Waals surface area contributed by atoms with Crippen LogP contribution >= 0.6 is 12.4 Å². The first-order valence-corrected chi connectivity index (χ1v) is 10.0. The molecule has 0 radical (unpaired) electrons. The van der Waals surface area contributed by atoms with Crippen molar-refractivity contribution >= 4 is 28.2 Å². The van der Waals surface area contributed by atoms with Gasteiger partial charge in [0.15, 0.2) is 9.84 Å². The van der Waals surface area contributed by atoms with Crippen LogP contribution < -0.4 is 5.73 Å². The standard InChI is InChI=1S/C15H26N2O3S.ClH/c16-14-11-3-1-4-12(14)10-13(9-11)15(18)17-5-2-7-21(19,20)8-6-17;/h11-14H,1-10,16H2;1H. The molecule has 128 valence electrons. The van der Waals surface area contributed by atoms with E-state index in [1.54, 1.807) is 4.90 Å². The van der Waals surface area contributed by atoms with Crippen molar-refractivity contribution < 1.29 is 13.2 Å². The summed E-state index contributed by atoms with van der Waals surface area (Å²) in [5, 5.41) is 0. The van der Waals surface area contributed by atoms with Crippen LogP contribution in [-0.4, -0.2) is 49.9 Å². The minimum Gasteiger partial charge on any atom is -0.341 e. The number of halogens is 1. The van der Waals surface area contributed by atoms with Gasteiger partial charge in [-0.2, -0.15) is 0 Å². The summed E-state index contributed by atoms with van der Waals surface area (Å²) in [7, 11) is -2.95. The third kappa shape index (κ3) is 3.77. The molecule has 0 spiro atoms. The van der Waals surface area contributed by atoms with E-state index in [2.05, 4.69) is 0 Å². The van der Waals surface area contributed by atoms with Crippen LogP contribution in [0, 0.1) is 17.8 Å². The summed E-state index contributed by atoms with van der Waals surface area (Å²) >= 11 is 0. The second-order valence-electron chi connectivity index (χ2n) is 7.03. The monoisotopic (exact) mass is 350 g/mol. The average molecular weight is 351 g/mol. The molecule has 2 atom stereocenters. The number of nitrogens with zero attached hydrogens (tertiary/aromatic N) is 1. The van der Waals surface area contributed by atoms with E-state index in [0.29, 0.717) is 31.3 Å². The third-order valence-corrected chi connectivity index (χ3v) is 7.34. The molecule has 0 aromatic carbocycles. The Labute approximate surface area is 139 Å². The van der Waals surface area contributed by atoms with Crippen molar-refractivity contribution in [2.75, 3.05) is 24.6 Å². The van der Waals surface area contributed by atoms with Crippen LogP contribution in [-0.2, 0) is 14.6 Å². The van der Waals surface area contributed by atoms with Gasteiger partial charge in [-0.1, -0.05) is 6.42 Å². The maximum Gasteiger partial charge on any atom is 0.225 e. The van der Waals surface area contributed by atoms with Crippen molar-refractivity contribution in [1.29, 1.82) is 0 Å². The highest BCUT2D eigenvalue weighted by Crippen LogP contribution is 2.42. The molecule has 2 aliphatic carbocycles. The molecule has 0 aromatic heterocycles. The molecule has 2 N–H and O–H groups in total. The van der Waals surface area contributed by atoms with E-state index < -0.39 is 9.84 Å². The summed E-state index contributed by atoms with van der Waals surface area (Å²) in [5.74, 6) is 1.57. The van der Waals surface area contributed by atoms with Gasteiger partial charge in [0, 0.05) is 25.0 Å². The Balaban J connectivity index is 0.00000176. The maximum absolute atomic E-state index is 12.7. The first-order chi connectivity index (χ1) is 9.96. The fourth-order valence-corrected chi connectivity index (χ4v) is 5.68. The number of hydrogen-bond donors (Lipinski definition) is 1. The van der Waals surface area contributed by atoms with Crippen molar-refractivity contribution in [3.8, 4) is 0 Å². The summed E-state index contributed by atoms with van der Waals surface area (Å²) in [6.45, 7) is 0.967. The quantitative estimate of drug-likeness (QED) is 0.770. The minimum absolute atomic E-state index is 0. The van der Waals surface area contributed by atoms with Crippen LogP contribution in [0.25, 0.3) is 0 Å². The third-order valence-electron chi connectivity index (χ3n) is 5.63. The first-order valence-electron chi connectivity index (χ1n) is 8.21. The molecule has 22 heavy (non-hydrogen) atoms. The van der Waals surface area contributed by atoms with E-state index >= 15 is 0 Å². The number of hydrogen-bond acceptors (Lipinski definition) is 4. The molecular weight excluding hydrogens is 324 g/mol. The number of sulfone groups is 1. The number of fused-ring (bicyclic) bond motifs is 2. The zero-order valence-corrected chi connectivity index (χ0v) is 14.6. The normalized spacial score (nSPS) is 37.8. The van der Waals surface area contributed by atoms with E-state index in [0.717, 1.165) is 25.7 Å². The Morgan fingerprint density at radius 2 is 1.64 bits per heavy atom. The fraction of sp³-hybridized carbons (Fsp3) is 0.933. The molecule has 5 nitrogen and oxygen atoms in total. The lowest BCUT2D eigenvalue weighted by Crippen LogP contribution is -2.50. The minimum atomic E-state index is -2.95. The van der Waals surface area contributed by atoms with Crippen molar-refractivity contribution in [1.82, 2.24) is 4.90 Å². The van der Waals surface area contributed by atoms with Crippen LogP contribution in [0.1, 0.15) is 38.5 Å². The SMILES string of the molecule is Cl.NC1C2CCCC1CC(C(=O)N1CCCS(=O)(=O)CC1)C2. The zero-order chi connectivity index (χ0) is 15.0. The predicted octanol–water partition coefficient (Wildman–Crippen LogP) is 1.21. The summed E-state index contributed by atoms with van der Waals surface area (Å²) in [6.07, 6.45) is 5.92. The van der Waals surface area contributed by atoms with Crippen LogP contribution in [0.15, 0.2) is 0 Å². The molecule has 2 saturated carbocycles. The molecule has 7 heteroatoms. The van der Waals surface area contributed by atoms with Gasteiger partial charge < -0.3 is 10.6 Å². The van der Waals surface area contributed by atoms with Crippen LogP contribution in [0.5, 0.6) is 0 Å². The van der Waals surface area contributed by atoms with Crippen molar-refractivity contribution in [2.24, 2.45) is 23.5 Å². The van der Waals surface area contributed by atoms with Gasteiger partial charge in [-0.15, -0.1) is 12.4 Å². The second kappa shape index (κ2) is 7.05. The van der Waals surface area contributed by atoms with Crippen LogP contribution in [0.2, 0.25) is 0 Å². The highest BCUT2D eigenvalue weighted by atomic mass is 35.5. The molecular formula is C15H27ClN2O3S. The number of nitrogens with two attached hydrogens (primary N) is 1. The summed E-state index contributed by atoms with van der Waals surface area (Å²) in [4.78, 5) is 14.5. The molecule has 0 aromatic rings. The largest absolute Gasteiger partial charge is 0.341 e. The first kappa shape index (κ1) is 18.0. The molecule has 1 amide bonds. The zero-order valence-electron chi connectivity index (χ0n) is 12.9. The van der Waals surface area contributed by atoms with Crippen LogP contribution in [0.4, 0.5) is 0 Å². The summed E-state index contributed by atoms with van der Waals surface area (Å²) < 4.78 is 23.3. The lowest BCUT2D eigenvalue weighted by atomic mass is 9.65. The molecule has 2 bridgehead atoms. The van der Waals surface area contributed by atoms with E-state index in [9.17, 15) is 13.2 Å². The van der Waals surface area contributed by atoms with Gasteiger partial charge in [-0.05, 0) is 43.9 Å². The van der Waals surface area contributed by atoms with Gasteiger partial charge in [0.25, 0.3) is 0 Å². The lowest BCUT2D eigenvalue weighted by Gasteiger charge is -2.44. The highest BCUT2D eigenvalue weighted by molar-refractivity contribution is 7.91. The predicted molar refractivity (Wildman–Crippen MR) is 88.6 cm³/mol. The number of amides is 1. The summed E-state index contributed by atoms with van der Waals surface area (Å²) in [5.41, 5.74) is 6.28. The van der Waals surface area contributed by atoms with Crippen molar-refractivity contribution in [2.45, 2.75) is 44.6 Å². The Morgan fingerprint density at radius 1 is 1.00 bits per heavy atom. The molecule has 3 fully saturated rings. The van der Waals surface area contributed by atoms with Gasteiger partial charge in [0.2, 0.25) is 5.91 Å². The Bertz CT molecular complexity index is 497. The van der Waals surface area contributed by atoms with Gasteiger partial charge in [0.1, 0.15) is 0 Å². The van der Waals surface area contributed by atoms with Crippen LogP contribution in [0.3, 0.4) is 0 Å². The number of rotatable bonds is 1. The maximum atomic E-state index is 12.7. The Kier molecular flexibility index (Phi) is 5.78. The van der Waals surface area contributed by atoms with E-state index in [1.165, 1.54) is 6.42 Å². The molecule has 3 rings (SSSR count). The topological polar surface area (TPSA) is 80.5 Å². The lowest BCUT2D eigenvalue weighted by molar-refractivity contribution is -0.138.